The van der Waals surface area contributed by atoms with Gasteiger partial charge in [-0.05, 0) is 35.9 Å². The van der Waals surface area contributed by atoms with Gasteiger partial charge in [0.05, 0.1) is 6.61 Å². The molecule has 0 heterocycles. The smallest absolute Gasteiger partial charge is 0.130 e. The van der Waals surface area contributed by atoms with Crippen molar-refractivity contribution in [2.24, 2.45) is 0 Å². The van der Waals surface area contributed by atoms with Gasteiger partial charge in [0.2, 0.25) is 0 Å². The predicted octanol–water partition coefficient (Wildman–Crippen LogP) is 4.42. The maximum atomic E-state index is 13.6. The zero-order valence-electron chi connectivity index (χ0n) is 9.87. The van der Waals surface area contributed by atoms with E-state index in [4.69, 9.17) is 9.84 Å². The summed E-state index contributed by atoms with van der Waals surface area (Å²) in [5.41, 5.74) is 1.21. The van der Waals surface area contributed by atoms with E-state index >= 15 is 0 Å². The average molecular weight is 390 g/mol. The minimum absolute atomic E-state index is 0.0789. The van der Waals surface area contributed by atoms with Gasteiger partial charge in [0.25, 0.3) is 0 Å². The van der Waals surface area contributed by atoms with Crippen LogP contribution >= 0.6 is 31.9 Å². The van der Waals surface area contributed by atoms with Gasteiger partial charge in [-0.1, -0.05) is 37.9 Å². The Hall–Kier alpha value is -0.910. The summed E-state index contributed by atoms with van der Waals surface area (Å²) < 4.78 is 20.6. The molecule has 0 amide bonds. The highest BCUT2D eigenvalue weighted by atomic mass is 79.9. The van der Waals surface area contributed by atoms with Gasteiger partial charge < -0.3 is 9.84 Å². The molecule has 100 valence electrons. The number of benzene rings is 2. The van der Waals surface area contributed by atoms with Crippen molar-refractivity contribution in [2.45, 2.75) is 13.2 Å². The van der Waals surface area contributed by atoms with E-state index in [1.165, 1.54) is 6.07 Å². The summed E-state index contributed by atoms with van der Waals surface area (Å²) in [6, 6.07) is 10.1. The Morgan fingerprint density at radius 3 is 2.53 bits per heavy atom. The number of hydrogen-bond acceptors (Lipinski definition) is 2. The molecule has 2 aromatic carbocycles. The van der Waals surface area contributed by atoms with Crippen molar-refractivity contribution < 1.29 is 14.2 Å². The topological polar surface area (TPSA) is 29.5 Å². The number of halogens is 3. The van der Waals surface area contributed by atoms with Crippen molar-refractivity contribution in [2.75, 3.05) is 0 Å². The molecule has 0 saturated carbocycles. The highest BCUT2D eigenvalue weighted by molar-refractivity contribution is 9.10. The lowest BCUT2D eigenvalue weighted by atomic mass is 10.2. The van der Waals surface area contributed by atoms with Crippen molar-refractivity contribution in [3.05, 3.63) is 62.3 Å². The third kappa shape index (κ3) is 3.78. The van der Waals surface area contributed by atoms with Crippen LogP contribution in [0.15, 0.2) is 45.3 Å². The molecule has 0 unspecified atom stereocenters. The summed E-state index contributed by atoms with van der Waals surface area (Å²) in [7, 11) is 0. The Labute approximate surface area is 127 Å². The quantitative estimate of drug-likeness (QED) is 0.838. The fourth-order valence-electron chi connectivity index (χ4n) is 1.56. The van der Waals surface area contributed by atoms with Crippen LogP contribution in [0.5, 0.6) is 5.75 Å². The number of ether oxygens (including phenoxy) is 1. The normalized spacial score (nSPS) is 10.5. The van der Waals surface area contributed by atoms with Gasteiger partial charge in [-0.2, -0.15) is 0 Å². The van der Waals surface area contributed by atoms with E-state index in [2.05, 4.69) is 31.9 Å². The van der Waals surface area contributed by atoms with Gasteiger partial charge in [-0.15, -0.1) is 0 Å². The largest absolute Gasteiger partial charge is 0.489 e. The number of aliphatic hydroxyl groups excluding tert-OH is 1. The van der Waals surface area contributed by atoms with Gasteiger partial charge >= 0.3 is 0 Å². The highest BCUT2D eigenvalue weighted by Crippen LogP contribution is 2.24. The lowest BCUT2D eigenvalue weighted by Crippen LogP contribution is -1.99. The minimum Gasteiger partial charge on any atom is -0.489 e. The lowest BCUT2D eigenvalue weighted by molar-refractivity contribution is 0.276. The zero-order chi connectivity index (χ0) is 13.8. The molecule has 0 saturated heterocycles. The van der Waals surface area contributed by atoms with Crippen LogP contribution in [0.3, 0.4) is 0 Å². The Morgan fingerprint density at radius 1 is 1.05 bits per heavy atom. The maximum Gasteiger partial charge on any atom is 0.130 e. The molecule has 0 bridgehead atoms. The van der Waals surface area contributed by atoms with Crippen LogP contribution in [0.4, 0.5) is 4.39 Å². The standard InChI is InChI=1S/C14H11Br2FO2/c15-11-2-1-9(14(17)6-11)8-19-12-3-4-13(16)10(5-12)7-18/h1-6,18H,7-8H2. The molecule has 0 atom stereocenters. The molecule has 0 spiro atoms. The second-order valence-corrected chi connectivity index (χ2v) is 5.71. The minimum atomic E-state index is -0.311. The SMILES string of the molecule is OCc1cc(OCc2ccc(Br)cc2F)ccc1Br. The molecule has 1 N–H and O–H groups in total. The van der Waals surface area contributed by atoms with Crippen LogP contribution in [-0.4, -0.2) is 5.11 Å². The van der Waals surface area contributed by atoms with Gasteiger partial charge in [0.1, 0.15) is 18.2 Å². The van der Waals surface area contributed by atoms with E-state index in [1.807, 2.05) is 0 Å². The fourth-order valence-corrected chi connectivity index (χ4v) is 2.27. The monoisotopic (exact) mass is 388 g/mol. The first-order valence-corrected chi connectivity index (χ1v) is 7.15. The summed E-state index contributed by atoms with van der Waals surface area (Å²) >= 11 is 6.53. The first-order valence-electron chi connectivity index (χ1n) is 5.56. The third-order valence-corrected chi connectivity index (χ3v) is 3.86. The van der Waals surface area contributed by atoms with Crippen LogP contribution in [0, 0.1) is 5.82 Å². The Bertz CT molecular complexity index is 588. The molecule has 0 fully saturated rings. The van der Waals surface area contributed by atoms with Crippen molar-refractivity contribution in [3.8, 4) is 5.75 Å². The molecule has 2 aromatic rings. The Balaban J connectivity index is 2.10. The van der Waals surface area contributed by atoms with Crippen LogP contribution < -0.4 is 4.74 Å². The van der Waals surface area contributed by atoms with Gasteiger partial charge in [0.15, 0.2) is 0 Å². The second-order valence-electron chi connectivity index (χ2n) is 3.94. The first kappa shape index (κ1) is 14.5. The van der Waals surface area contributed by atoms with Gasteiger partial charge in [-0.25, -0.2) is 4.39 Å². The van der Waals surface area contributed by atoms with E-state index in [9.17, 15) is 4.39 Å². The van der Waals surface area contributed by atoms with E-state index in [0.717, 1.165) is 10.0 Å². The molecule has 2 nitrogen and oxygen atoms in total. The second kappa shape index (κ2) is 6.50. The summed E-state index contributed by atoms with van der Waals surface area (Å²) in [5.74, 6) is 0.281. The van der Waals surface area contributed by atoms with Crippen LogP contribution in [-0.2, 0) is 13.2 Å². The Kier molecular flexibility index (Phi) is 4.96. The van der Waals surface area contributed by atoms with Crippen molar-refractivity contribution >= 4 is 31.9 Å². The molecular weight excluding hydrogens is 379 g/mol. The summed E-state index contributed by atoms with van der Waals surface area (Å²) in [5, 5.41) is 9.15. The van der Waals surface area contributed by atoms with Crippen molar-refractivity contribution in [1.29, 1.82) is 0 Å². The lowest BCUT2D eigenvalue weighted by Gasteiger charge is -2.09. The average Bonchev–Trinajstić information content (AvgIpc) is 2.39. The number of hydrogen-bond donors (Lipinski definition) is 1. The zero-order valence-corrected chi connectivity index (χ0v) is 13.0. The van der Waals surface area contributed by atoms with E-state index < -0.39 is 0 Å². The summed E-state index contributed by atoms with van der Waals surface area (Å²) in [6.45, 7) is 0.0655. The van der Waals surface area contributed by atoms with Gasteiger partial charge in [0, 0.05) is 14.5 Å². The molecule has 0 radical (unpaired) electrons. The number of aliphatic hydroxyl groups is 1. The molecule has 0 aliphatic heterocycles. The molecule has 19 heavy (non-hydrogen) atoms. The molecule has 0 aliphatic carbocycles. The molecule has 0 aromatic heterocycles. The summed E-state index contributed by atoms with van der Waals surface area (Å²) in [4.78, 5) is 0. The third-order valence-electron chi connectivity index (χ3n) is 2.60. The van der Waals surface area contributed by atoms with Crippen LogP contribution in [0.25, 0.3) is 0 Å². The van der Waals surface area contributed by atoms with E-state index in [1.54, 1.807) is 30.3 Å². The fraction of sp³-hybridized carbons (Fsp3) is 0.143. The first-order chi connectivity index (χ1) is 9.10. The molecular formula is C14H11Br2FO2. The molecule has 0 aliphatic rings. The van der Waals surface area contributed by atoms with Crippen LogP contribution in [0.1, 0.15) is 11.1 Å². The maximum absolute atomic E-state index is 13.6. The van der Waals surface area contributed by atoms with Gasteiger partial charge in [-0.3, -0.25) is 0 Å². The molecule has 5 heteroatoms. The Morgan fingerprint density at radius 2 is 1.84 bits per heavy atom. The van der Waals surface area contributed by atoms with Crippen molar-refractivity contribution in [1.82, 2.24) is 0 Å². The summed E-state index contributed by atoms with van der Waals surface area (Å²) in [6.07, 6.45) is 0. The predicted molar refractivity (Wildman–Crippen MR) is 78.5 cm³/mol. The van der Waals surface area contributed by atoms with Crippen LogP contribution in [0.2, 0.25) is 0 Å². The van der Waals surface area contributed by atoms with E-state index in [0.29, 0.717) is 15.8 Å². The number of rotatable bonds is 4. The highest BCUT2D eigenvalue weighted by Gasteiger charge is 2.05. The van der Waals surface area contributed by atoms with Crippen molar-refractivity contribution in [3.63, 3.8) is 0 Å². The molecule has 2 rings (SSSR count). The van der Waals surface area contributed by atoms with E-state index in [-0.39, 0.29) is 19.0 Å².